The van der Waals surface area contributed by atoms with Gasteiger partial charge in [-0.3, -0.25) is 0 Å². The van der Waals surface area contributed by atoms with E-state index in [0.717, 1.165) is 0 Å². The molecular weight excluding hydrogens is 60.6 g/mol. The van der Waals surface area contributed by atoms with Gasteiger partial charge in [0.1, 0.15) is 0 Å². The Balaban J connectivity index is 0. The van der Waals surface area contributed by atoms with Crippen LogP contribution >= 0.6 is 0 Å². The van der Waals surface area contributed by atoms with Gasteiger partial charge in [0, 0.05) is 18.9 Å². The van der Waals surface area contributed by atoms with Crippen molar-refractivity contribution in [3.8, 4) is 0 Å². The molecule has 2 nitrogen and oxygen atoms in total. The van der Waals surface area contributed by atoms with E-state index in [2.05, 4.69) is 0 Å². The van der Waals surface area contributed by atoms with E-state index in [9.17, 15) is 0 Å². The maximum Gasteiger partial charge on any atom is 0.391 e. The molecule has 0 saturated carbocycles. The quantitative estimate of drug-likeness (QED) is 0.299. The van der Waals surface area contributed by atoms with Crippen molar-refractivity contribution < 1.29 is 10.0 Å². The number of hydrogen-bond acceptors (Lipinski definition) is 2. The summed E-state index contributed by atoms with van der Waals surface area (Å²) in [5, 5.41) is 15.2. The van der Waals surface area contributed by atoms with Gasteiger partial charge in [-0.05, 0) is 0 Å². The van der Waals surface area contributed by atoms with Crippen molar-refractivity contribution in [1.29, 1.82) is 0 Å². The zero-order valence-electron chi connectivity index (χ0n) is 3.47. The minimum Gasteiger partial charge on any atom is -0.434 e. The summed E-state index contributed by atoms with van der Waals surface area (Å²) in [5.74, 6) is 0. The fourth-order valence-corrected chi connectivity index (χ4v) is 0. The molecule has 0 amide bonds. The SMILES string of the molecule is BB(O)O.[Li]. The van der Waals surface area contributed by atoms with Crippen molar-refractivity contribution in [2.45, 2.75) is 0 Å². The van der Waals surface area contributed by atoms with Crippen molar-refractivity contribution in [3.63, 3.8) is 0 Å². The summed E-state index contributed by atoms with van der Waals surface area (Å²) in [4.78, 5) is 0. The number of rotatable bonds is 0. The minimum absolute atomic E-state index is 0. The summed E-state index contributed by atoms with van der Waals surface area (Å²) in [6, 6.07) is 0. The molecule has 0 rings (SSSR count). The average molecular weight is 64.6 g/mol. The predicted octanol–water partition coefficient (Wildman–Crippen LogP) is -2.79. The minimum atomic E-state index is -1.17. The van der Waals surface area contributed by atoms with E-state index in [4.69, 9.17) is 10.0 Å². The Morgan fingerprint density at radius 1 is 1.40 bits per heavy atom. The molecule has 0 heterocycles. The second-order valence-corrected chi connectivity index (χ2v) is 0.632. The standard InChI is InChI=1S/B2H4O2.Li/c1-2(3)4;/h3-4H,1H2;. The van der Waals surface area contributed by atoms with Gasteiger partial charge in [-0.1, -0.05) is 0 Å². The second-order valence-electron chi connectivity index (χ2n) is 0.632. The van der Waals surface area contributed by atoms with E-state index in [1.54, 1.807) is 0 Å². The zero-order chi connectivity index (χ0) is 3.58. The fraction of sp³-hybridized carbons (Fsp3) is 0. The Kier molecular flexibility index (Phi) is 8.52. The normalized spacial score (nSPS) is 5.20. The van der Waals surface area contributed by atoms with Gasteiger partial charge in [0.05, 0.1) is 0 Å². The van der Waals surface area contributed by atoms with Gasteiger partial charge in [0.15, 0.2) is 7.74 Å². The van der Waals surface area contributed by atoms with Crippen LogP contribution in [-0.4, -0.2) is 43.7 Å². The second kappa shape index (κ2) is 4.65. The third-order valence-electron chi connectivity index (χ3n) is 0. The summed E-state index contributed by atoms with van der Waals surface area (Å²) in [6.07, 6.45) is 0. The molecule has 1 radical (unpaired) electrons. The van der Waals surface area contributed by atoms with Crippen LogP contribution in [0.15, 0.2) is 0 Å². The third kappa shape index (κ3) is 77.7. The molecule has 0 bridgehead atoms. The van der Waals surface area contributed by atoms with E-state index in [0.29, 0.717) is 0 Å². The molecule has 23 valence electrons. The molecule has 0 aromatic carbocycles. The van der Waals surface area contributed by atoms with Gasteiger partial charge in [0.25, 0.3) is 0 Å². The van der Waals surface area contributed by atoms with Gasteiger partial charge in [0.2, 0.25) is 0 Å². The zero-order valence-corrected chi connectivity index (χ0v) is 3.47. The van der Waals surface area contributed by atoms with Crippen molar-refractivity contribution in [2.75, 3.05) is 0 Å². The monoisotopic (exact) mass is 65.1 g/mol. The van der Waals surface area contributed by atoms with Crippen LogP contribution in [0.3, 0.4) is 0 Å². The Bertz CT molecular complexity index is 12.4. The van der Waals surface area contributed by atoms with Gasteiger partial charge in [-0.2, -0.15) is 0 Å². The van der Waals surface area contributed by atoms with Crippen LogP contribution in [0.25, 0.3) is 0 Å². The Labute approximate surface area is 44.3 Å². The predicted molar refractivity (Wildman–Crippen MR) is 24.5 cm³/mol. The Hall–Kier alpha value is 0.647. The van der Waals surface area contributed by atoms with Crippen molar-refractivity contribution in [3.05, 3.63) is 0 Å². The topological polar surface area (TPSA) is 40.5 Å². The van der Waals surface area contributed by atoms with Gasteiger partial charge < -0.3 is 10.0 Å². The van der Waals surface area contributed by atoms with E-state index in [1.807, 2.05) is 0 Å². The molecule has 0 aromatic rings. The van der Waals surface area contributed by atoms with Crippen molar-refractivity contribution >= 4 is 33.6 Å². The molecule has 0 unspecified atom stereocenters. The maximum atomic E-state index is 7.61. The first-order valence-corrected chi connectivity index (χ1v) is 1.09. The van der Waals surface area contributed by atoms with Crippen LogP contribution in [0.5, 0.6) is 0 Å². The molecule has 0 aliphatic heterocycles. The Morgan fingerprint density at radius 2 is 1.40 bits per heavy atom. The first kappa shape index (κ1) is 9.17. The Morgan fingerprint density at radius 3 is 1.40 bits per heavy atom. The van der Waals surface area contributed by atoms with Crippen LogP contribution in [0.1, 0.15) is 0 Å². The first-order valence-electron chi connectivity index (χ1n) is 1.09. The van der Waals surface area contributed by atoms with Crippen LogP contribution in [-0.2, 0) is 0 Å². The first-order chi connectivity index (χ1) is 1.73. The van der Waals surface area contributed by atoms with E-state index in [-0.39, 0.29) is 18.9 Å². The van der Waals surface area contributed by atoms with E-state index in [1.165, 1.54) is 7.74 Å². The summed E-state index contributed by atoms with van der Waals surface area (Å²) in [7, 11) is 0.111. The van der Waals surface area contributed by atoms with E-state index >= 15 is 0 Å². The molecule has 0 atom stereocenters. The van der Waals surface area contributed by atoms with Gasteiger partial charge in [-0.15, -0.1) is 0 Å². The summed E-state index contributed by atoms with van der Waals surface area (Å²) < 4.78 is 0. The van der Waals surface area contributed by atoms with E-state index < -0.39 is 7.01 Å². The molecule has 5 heteroatoms. The van der Waals surface area contributed by atoms with Crippen LogP contribution in [0.4, 0.5) is 0 Å². The van der Waals surface area contributed by atoms with Gasteiger partial charge >= 0.3 is 7.01 Å². The molecule has 0 aliphatic rings. The summed E-state index contributed by atoms with van der Waals surface area (Å²) in [6.45, 7) is 0. The molecule has 2 N–H and O–H groups in total. The molecule has 0 saturated heterocycles. The summed E-state index contributed by atoms with van der Waals surface area (Å²) >= 11 is 0. The average Bonchev–Trinajstić information content (AvgIpc) is 0.811. The van der Waals surface area contributed by atoms with Crippen molar-refractivity contribution in [2.24, 2.45) is 0 Å². The molecule has 0 aromatic heterocycles. The maximum absolute atomic E-state index is 7.61. The summed E-state index contributed by atoms with van der Waals surface area (Å²) in [5.41, 5.74) is 0. The molecule has 0 fully saturated rings. The molecular formula is H4B2LiO2. The molecule has 0 spiro atoms. The van der Waals surface area contributed by atoms with Crippen LogP contribution in [0, 0.1) is 0 Å². The van der Waals surface area contributed by atoms with Crippen LogP contribution in [0.2, 0.25) is 0 Å². The van der Waals surface area contributed by atoms with Crippen LogP contribution < -0.4 is 0 Å². The number of hydrogen-bond donors (Lipinski definition) is 2. The third-order valence-corrected chi connectivity index (χ3v) is 0. The van der Waals surface area contributed by atoms with Crippen molar-refractivity contribution in [1.82, 2.24) is 0 Å². The fourth-order valence-electron chi connectivity index (χ4n) is 0. The van der Waals surface area contributed by atoms with Gasteiger partial charge in [-0.25, -0.2) is 0 Å². The molecule has 5 heavy (non-hydrogen) atoms. The smallest absolute Gasteiger partial charge is 0.391 e. The molecule has 0 aliphatic carbocycles. The largest absolute Gasteiger partial charge is 0.434 e.